The second-order valence-electron chi connectivity index (χ2n) is 6.29. The fourth-order valence-corrected chi connectivity index (χ4v) is 2.37. The van der Waals surface area contributed by atoms with Crippen molar-refractivity contribution in [3.8, 4) is 5.75 Å². The molecule has 2 aromatic rings. The van der Waals surface area contributed by atoms with E-state index in [4.69, 9.17) is 4.74 Å². The lowest BCUT2D eigenvalue weighted by molar-refractivity contribution is -0.115. The van der Waals surface area contributed by atoms with Crippen LogP contribution in [0.1, 0.15) is 25.8 Å². The first-order chi connectivity index (χ1) is 12.8. The predicted molar refractivity (Wildman–Crippen MR) is 105 cm³/mol. The molecule has 0 aliphatic carbocycles. The molecular formula is C20H25N3O4. The molecule has 7 nitrogen and oxygen atoms in total. The number of aliphatic hydroxyl groups is 1. The third-order valence-electron chi connectivity index (χ3n) is 4.05. The highest BCUT2D eigenvalue weighted by Crippen LogP contribution is 2.22. The highest BCUT2D eigenvalue weighted by atomic mass is 16.5. The van der Waals surface area contributed by atoms with Crippen LogP contribution >= 0.6 is 0 Å². The predicted octanol–water partition coefficient (Wildman–Crippen LogP) is 3.07. The summed E-state index contributed by atoms with van der Waals surface area (Å²) >= 11 is 0. The number of carbonyl (C=O) groups excluding carboxylic acids is 2. The standard InChI is InChI=1S/C20H25N3O4/c1-4-18(24)22-15-7-9-16(10-8-15)23-19(25)21-13-20(2,26)14-5-11-17(27-3)12-6-14/h5-12,26H,4,13H2,1-3H3,(H,22,24)(H2,21,23,25). The van der Waals surface area contributed by atoms with Crippen LogP contribution in [0, 0.1) is 0 Å². The van der Waals surface area contributed by atoms with Gasteiger partial charge in [-0.25, -0.2) is 4.79 Å². The lowest BCUT2D eigenvalue weighted by atomic mass is 9.96. The van der Waals surface area contributed by atoms with Gasteiger partial charge in [0.05, 0.1) is 13.7 Å². The molecule has 7 heteroatoms. The van der Waals surface area contributed by atoms with Crippen molar-refractivity contribution in [3.05, 3.63) is 54.1 Å². The number of amides is 3. The fraction of sp³-hybridized carbons (Fsp3) is 0.300. The summed E-state index contributed by atoms with van der Waals surface area (Å²) in [5, 5.41) is 18.7. The van der Waals surface area contributed by atoms with Gasteiger partial charge in [-0.1, -0.05) is 19.1 Å². The molecule has 1 atom stereocenters. The first-order valence-corrected chi connectivity index (χ1v) is 8.65. The van der Waals surface area contributed by atoms with Gasteiger partial charge in [0.25, 0.3) is 0 Å². The molecule has 1 unspecified atom stereocenters. The maximum atomic E-state index is 12.1. The number of nitrogens with one attached hydrogen (secondary N) is 3. The van der Waals surface area contributed by atoms with E-state index < -0.39 is 11.6 Å². The molecule has 0 aromatic heterocycles. The summed E-state index contributed by atoms with van der Waals surface area (Å²) in [6, 6.07) is 13.4. The Hall–Kier alpha value is -3.06. The molecule has 2 rings (SSSR count). The molecule has 4 N–H and O–H groups in total. The van der Waals surface area contributed by atoms with E-state index in [0.29, 0.717) is 29.1 Å². The molecule has 0 spiro atoms. The Morgan fingerprint density at radius 2 is 1.56 bits per heavy atom. The van der Waals surface area contributed by atoms with E-state index in [2.05, 4.69) is 16.0 Å². The number of hydrogen-bond donors (Lipinski definition) is 4. The lowest BCUT2D eigenvalue weighted by Crippen LogP contribution is -2.40. The molecule has 144 valence electrons. The summed E-state index contributed by atoms with van der Waals surface area (Å²) in [7, 11) is 1.57. The average molecular weight is 371 g/mol. The second-order valence-corrected chi connectivity index (χ2v) is 6.29. The molecule has 0 saturated heterocycles. The van der Waals surface area contributed by atoms with E-state index in [1.807, 2.05) is 0 Å². The Morgan fingerprint density at radius 1 is 1.00 bits per heavy atom. The minimum absolute atomic E-state index is 0.0375. The van der Waals surface area contributed by atoms with Crippen molar-refractivity contribution in [3.63, 3.8) is 0 Å². The van der Waals surface area contributed by atoms with Gasteiger partial charge in [-0.3, -0.25) is 4.79 Å². The second kappa shape index (κ2) is 9.05. The minimum atomic E-state index is -1.22. The average Bonchev–Trinajstić information content (AvgIpc) is 2.68. The Kier molecular flexibility index (Phi) is 6.79. The van der Waals surface area contributed by atoms with Crippen LogP contribution in [0.15, 0.2) is 48.5 Å². The van der Waals surface area contributed by atoms with Crippen LogP contribution < -0.4 is 20.7 Å². The van der Waals surface area contributed by atoms with Gasteiger partial charge in [0.1, 0.15) is 11.4 Å². The molecule has 2 aromatic carbocycles. The zero-order valence-corrected chi connectivity index (χ0v) is 15.7. The summed E-state index contributed by atoms with van der Waals surface area (Å²) in [5.74, 6) is 0.619. The molecule has 3 amide bonds. The number of benzene rings is 2. The van der Waals surface area contributed by atoms with Crippen LogP contribution in [-0.4, -0.2) is 30.7 Å². The first-order valence-electron chi connectivity index (χ1n) is 8.65. The Balaban J connectivity index is 1.88. The van der Waals surface area contributed by atoms with E-state index in [1.165, 1.54) is 0 Å². The van der Waals surface area contributed by atoms with Gasteiger partial charge < -0.3 is 25.8 Å². The van der Waals surface area contributed by atoms with E-state index in [1.54, 1.807) is 69.5 Å². The van der Waals surface area contributed by atoms with Gasteiger partial charge in [0.15, 0.2) is 0 Å². The van der Waals surface area contributed by atoms with E-state index in [0.717, 1.165) is 0 Å². The molecule has 27 heavy (non-hydrogen) atoms. The van der Waals surface area contributed by atoms with Crippen molar-refractivity contribution in [1.82, 2.24) is 5.32 Å². The molecule has 0 aliphatic heterocycles. The number of ether oxygens (including phenoxy) is 1. The van der Waals surface area contributed by atoms with E-state index >= 15 is 0 Å². The number of urea groups is 1. The first kappa shape index (κ1) is 20.3. The van der Waals surface area contributed by atoms with Crippen LogP contribution in [0.25, 0.3) is 0 Å². The summed E-state index contributed by atoms with van der Waals surface area (Å²) in [6.45, 7) is 3.44. The molecular weight excluding hydrogens is 346 g/mol. The molecule has 0 fully saturated rings. The van der Waals surface area contributed by atoms with Crippen molar-refractivity contribution in [2.75, 3.05) is 24.3 Å². The van der Waals surface area contributed by atoms with Crippen LogP contribution in [0.4, 0.5) is 16.2 Å². The van der Waals surface area contributed by atoms with Crippen molar-refractivity contribution >= 4 is 23.3 Å². The SMILES string of the molecule is CCC(=O)Nc1ccc(NC(=O)NCC(C)(O)c2ccc(OC)cc2)cc1. The zero-order valence-electron chi connectivity index (χ0n) is 15.7. The van der Waals surface area contributed by atoms with Crippen LogP contribution in [0.5, 0.6) is 5.75 Å². The van der Waals surface area contributed by atoms with Gasteiger partial charge >= 0.3 is 6.03 Å². The number of carbonyl (C=O) groups is 2. The summed E-state index contributed by atoms with van der Waals surface area (Å²) < 4.78 is 5.10. The van der Waals surface area contributed by atoms with E-state index in [9.17, 15) is 14.7 Å². The summed E-state index contributed by atoms with van der Waals surface area (Å²) in [5.41, 5.74) is 0.679. The van der Waals surface area contributed by atoms with Crippen LogP contribution in [-0.2, 0) is 10.4 Å². The zero-order chi connectivity index (χ0) is 19.9. The quantitative estimate of drug-likeness (QED) is 0.601. The van der Waals surface area contributed by atoms with Crippen molar-refractivity contribution in [2.24, 2.45) is 0 Å². The Bertz CT molecular complexity index is 771. The molecule has 0 saturated carbocycles. The topological polar surface area (TPSA) is 99.7 Å². The Morgan fingerprint density at radius 3 is 2.07 bits per heavy atom. The number of methoxy groups -OCH3 is 1. The van der Waals surface area contributed by atoms with Crippen molar-refractivity contribution < 1.29 is 19.4 Å². The summed E-state index contributed by atoms with van der Waals surface area (Å²) in [4.78, 5) is 23.4. The highest BCUT2D eigenvalue weighted by molar-refractivity contribution is 5.92. The smallest absolute Gasteiger partial charge is 0.319 e. The third kappa shape index (κ3) is 6.00. The monoisotopic (exact) mass is 371 g/mol. The van der Waals surface area contributed by atoms with Gasteiger partial charge in [0.2, 0.25) is 5.91 Å². The number of hydrogen-bond acceptors (Lipinski definition) is 4. The Labute approximate surface area is 158 Å². The third-order valence-corrected chi connectivity index (χ3v) is 4.05. The van der Waals surface area contributed by atoms with Crippen molar-refractivity contribution in [1.29, 1.82) is 0 Å². The fourth-order valence-electron chi connectivity index (χ4n) is 2.37. The largest absolute Gasteiger partial charge is 0.497 e. The molecule has 0 radical (unpaired) electrons. The maximum absolute atomic E-state index is 12.1. The van der Waals surface area contributed by atoms with Gasteiger partial charge in [-0.15, -0.1) is 0 Å². The van der Waals surface area contributed by atoms with Crippen molar-refractivity contribution in [2.45, 2.75) is 25.9 Å². The lowest BCUT2D eigenvalue weighted by Gasteiger charge is -2.24. The normalized spacial score (nSPS) is 12.6. The molecule has 0 bridgehead atoms. The van der Waals surface area contributed by atoms with E-state index in [-0.39, 0.29) is 12.5 Å². The van der Waals surface area contributed by atoms with Crippen LogP contribution in [0.2, 0.25) is 0 Å². The van der Waals surface area contributed by atoms with Gasteiger partial charge in [-0.2, -0.15) is 0 Å². The summed E-state index contributed by atoms with van der Waals surface area (Å²) in [6.07, 6.45) is 0.399. The van der Waals surface area contributed by atoms with Crippen LogP contribution in [0.3, 0.4) is 0 Å². The van der Waals surface area contributed by atoms with Gasteiger partial charge in [0, 0.05) is 17.8 Å². The highest BCUT2D eigenvalue weighted by Gasteiger charge is 2.23. The number of rotatable bonds is 7. The molecule has 0 heterocycles. The molecule has 0 aliphatic rings. The number of anilines is 2. The van der Waals surface area contributed by atoms with Gasteiger partial charge in [-0.05, 0) is 48.9 Å². The maximum Gasteiger partial charge on any atom is 0.319 e. The minimum Gasteiger partial charge on any atom is -0.497 e.